The van der Waals surface area contributed by atoms with Gasteiger partial charge >= 0.3 is 0 Å². The summed E-state index contributed by atoms with van der Waals surface area (Å²) in [5.74, 6) is 0.544. The predicted octanol–water partition coefficient (Wildman–Crippen LogP) is 2.46. The van der Waals surface area contributed by atoms with Crippen LogP contribution in [0.3, 0.4) is 0 Å². The Kier molecular flexibility index (Phi) is 4.02. The van der Waals surface area contributed by atoms with Crippen molar-refractivity contribution in [1.29, 1.82) is 0 Å². The summed E-state index contributed by atoms with van der Waals surface area (Å²) < 4.78 is 0. The number of halogens is 1. The Morgan fingerprint density at radius 1 is 1.28 bits per heavy atom. The zero-order chi connectivity index (χ0) is 13.0. The summed E-state index contributed by atoms with van der Waals surface area (Å²) in [6, 6.07) is 12.6. The highest BCUT2D eigenvalue weighted by Crippen LogP contribution is 2.21. The van der Waals surface area contributed by atoms with Crippen LogP contribution in [0.5, 0.6) is 0 Å². The maximum Gasteiger partial charge on any atom is 0.133 e. The van der Waals surface area contributed by atoms with E-state index in [0.717, 1.165) is 5.56 Å². The summed E-state index contributed by atoms with van der Waals surface area (Å²) in [7, 11) is 0. The average Bonchev–Trinajstić information content (AvgIpc) is 2.36. The second kappa shape index (κ2) is 5.71. The maximum atomic E-state index is 9.42. The van der Waals surface area contributed by atoms with Gasteiger partial charge in [-0.05, 0) is 11.6 Å². The van der Waals surface area contributed by atoms with Crippen molar-refractivity contribution in [2.24, 2.45) is 0 Å². The van der Waals surface area contributed by atoms with Crippen molar-refractivity contribution in [2.45, 2.75) is 6.04 Å². The van der Waals surface area contributed by atoms with Gasteiger partial charge in [0.2, 0.25) is 0 Å². The largest absolute Gasteiger partial charge is 0.399 e. The number of rotatable bonds is 4. The minimum atomic E-state index is -0.239. The van der Waals surface area contributed by atoms with E-state index in [4.69, 9.17) is 17.3 Å². The second-order valence-electron chi connectivity index (χ2n) is 3.90. The first kappa shape index (κ1) is 12.7. The van der Waals surface area contributed by atoms with Crippen LogP contribution in [0.4, 0.5) is 11.5 Å². The fourth-order valence-corrected chi connectivity index (χ4v) is 1.91. The van der Waals surface area contributed by atoms with E-state index in [1.165, 1.54) is 0 Å². The van der Waals surface area contributed by atoms with Crippen molar-refractivity contribution < 1.29 is 5.11 Å². The Labute approximate surface area is 110 Å². The number of nitrogens with one attached hydrogen (secondary N) is 1. The Morgan fingerprint density at radius 2 is 2.00 bits per heavy atom. The molecule has 0 saturated heterocycles. The smallest absolute Gasteiger partial charge is 0.133 e. The summed E-state index contributed by atoms with van der Waals surface area (Å²) in [4.78, 5) is 4.11. The van der Waals surface area contributed by atoms with Crippen molar-refractivity contribution >= 4 is 23.1 Å². The van der Waals surface area contributed by atoms with Crippen LogP contribution >= 0.6 is 11.6 Å². The Hall–Kier alpha value is -1.78. The molecule has 1 aromatic heterocycles. The molecule has 0 fully saturated rings. The van der Waals surface area contributed by atoms with Gasteiger partial charge in [0.05, 0.1) is 12.6 Å². The van der Waals surface area contributed by atoms with Crippen LogP contribution in [0.15, 0.2) is 42.5 Å². The number of hydrogen-bond donors (Lipinski definition) is 3. The quantitative estimate of drug-likeness (QED) is 0.741. The maximum absolute atomic E-state index is 9.42. The number of benzene rings is 1. The highest BCUT2D eigenvalue weighted by molar-refractivity contribution is 6.29. The molecule has 4 nitrogen and oxygen atoms in total. The number of aromatic nitrogens is 1. The molecule has 1 unspecified atom stereocenters. The third-order valence-corrected chi connectivity index (χ3v) is 2.72. The summed E-state index contributed by atoms with van der Waals surface area (Å²) in [5, 5.41) is 12.8. The second-order valence-corrected chi connectivity index (χ2v) is 4.29. The third kappa shape index (κ3) is 3.12. The molecule has 0 aliphatic heterocycles. The zero-order valence-corrected chi connectivity index (χ0v) is 10.4. The number of nitrogens with zero attached hydrogens (tertiary/aromatic N) is 1. The van der Waals surface area contributed by atoms with Gasteiger partial charge in [-0.2, -0.15) is 0 Å². The van der Waals surface area contributed by atoms with Gasteiger partial charge in [0, 0.05) is 11.8 Å². The molecule has 0 saturated carbocycles. The zero-order valence-electron chi connectivity index (χ0n) is 9.68. The number of nitrogen functional groups attached to an aromatic ring is 1. The van der Waals surface area contributed by atoms with Crippen LogP contribution in [-0.4, -0.2) is 16.7 Å². The lowest BCUT2D eigenvalue weighted by Gasteiger charge is -2.17. The highest BCUT2D eigenvalue weighted by atomic mass is 35.5. The lowest BCUT2D eigenvalue weighted by molar-refractivity contribution is 0.276. The van der Waals surface area contributed by atoms with E-state index in [2.05, 4.69) is 10.3 Å². The van der Waals surface area contributed by atoms with Crippen molar-refractivity contribution in [3.8, 4) is 0 Å². The van der Waals surface area contributed by atoms with Gasteiger partial charge in [-0.1, -0.05) is 41.9 Å². The monoisotopic (exact) mass is 263 g/mol. The summed E-state index contributed by atoms with van der Waals surface area (Å²) in [5.41, 5.74) is 7.19. The minimum Gasteiger partial charge on any atom is -0.399 e. The van der Waals surface area contributed by atoms with Crippen LogP contribution in [0, 0.1) is 0 Å². The standard InChI is InChI=1S/C13H14ClN3O/c14-12-6-10(15)7-13(17-12)16-11(8-18)9-4-2-1-3-5-9/h1-7,11,18H,8H2,(H3,15,16,17). The molecule has 4 N–H and O–H groups in total. The predicted molar refractivity (Wildman–Crippen MR) is 73.6 cm³/mol. The van der Waals surface area contributed by atoms with Crippen LogP contribution in [0.1, 0.15) is 11.6 Å². The van der Waals surface area contributed by atoms with Crippen LogP contribution < -0.4 is 11.1 Å². The van der Waals surface area contributed by atoms with E-state index in [0.29, 0.717) is 16.7 Å². The molecule has 0 amide bonds. The fourth-order valence-electron chi connectivity index (χ4n) is 1.69. The molecule has 5 heteroatoms. The molecule has 18 heavy (non-hydrogen) atoms. The average molecular weight is 264 g/mol. The topological polar surface area (TPSA) is 71.2 Å². The van der Waals surface area contributed by atoms with Gasteiger partial charge in [-0.3, -0.25) is 0 Å². The lowest BCUT2D eigenvalue weighted by Crippen LogP contribution is -2.15. The van der Waals surface area contributed by atoms with Crippen molar-refractivity contribution in [2.75, 3.05) is 17.7 Å². The van der Waals surface area contributed by atoms with E-state index >= 15 is 0 Å². The van der Waals surface area contributed by atoms with Gasteiger partial charge in [0.1, 0.15) is 11.0 Å². The van der Waals surface area contributed by atoms with Gasteiger partial charge in [-0.15, -0.1) is 0 Å². The SMILES string of the molecule is Nc1cc(Cl)nc(NC(CO)c2ccccc2)c1. The molecular formula is C13H14ClN3O. The molecule has 0 bridgehead atoms. The molecule has 1 atom stereocenters. The number of nitrogens with two attached hydrogens (primary N) is 1. The first-order valence-electron chi connectivity index (χ1n) is 5.54. The fraction of sp³-hybridized carbons (Fsp3) is 0.154. The molecular weight excluding hydrogens is 250 g/mol. The minimum absolute atomic E-state index is 0.0435. The van der Waals surface area contributed by atoms with Crippen LogP contribution in [0.25, 0.3) is 0 Å². The summed E-state index contributed by atoms with van der Waals surface area (Å²) in [6.07, 6.45) is 0. The Balaban J connectivity index is 2.20. The summed E-state index contributed by atoms with van der Waals surface area (Å²) >= 11 is 5.83. The lowest BCUT2D eigenvalue weighted by atomic mass is 10.1. The molecule has 2 aromatic rings. The van der Waals surface area contributed by atoms with Crippen molar-refractivity contribution in [3.63, 3.8) is 0 Å². The van der Waals surface area contributed by atoms with E-state index < -0.39 is 0 Å². The number of aliphatic hydroxyl groups is 1. The Bertz CT molecular complexity index is 499. The molecule has 0 aliphatic rings. The molecule has 94 valence electrons. The molecule has 0 aliphatic carbocycles. The third-order valence-electron chi connectivity index (χ3n) is 2.52. The molecule has 0 radical (unpaired) electrons. The molecule has 1 heterocycles. The van der Waals surface area contributed by atoms with E-state index in [1.54, 1.807) is 12.1 Å². The summed E-state index contributed by atoms with van der Waals surface area (Å²) in [6.45, 7) is -0.0435. The van der Waals surface area contributed by atoms with Gasteiger partial charge in [0.15, 0.2) is 0 Å². The van der Waals surface area contributed by atoms with Gasteiger partial charge < -0.3 is 16.2 Å². The number of anilines is 2. The number of hydrogen-bond acceptors (Lipinski definition) is 4. The van der Waals surface area contributed by atoms with Crippen LogP contribution in [-0.2, 0) is 0 Å². The van der Waals surface area contributed by atoms with Crippen LogP contribution in [0.2, 0.25) is 5.15 Å². The normalized spacial score (nSPS) is 12.1. The first-order valence-corrected chi connectivity index (χ1v) is 5.92. The Morgan fingerprint density at radius 3 is 2.61 bits per heavy atom. The van der Waals surface area contributed by atoms with E-state index in [-0.39, 0.29) is 12.6 Å². The van der Waals surface area contributed by atoms with Crippen molar-refractivity contribution in [1.82, 2.24) is 4.98 Å². The van der Waals surface area contributed by atoms with Gasteiger partial charge in [-0.25, -0.2) is 4.98 Å². The number of pyridine rings is 1. The molecule has 1 aromatic carbocycles. The molecule has 2 rings (SSSR count). The van der Waals surface area contributed by atoms with Crippen molar-refractivity contribution in [3.05, 3.63) is 53.2 Å². The molecule has 0 spiro atoms. The van der Waals surface area contributed by atoms with E-state index in [1.807, 2.05) is 30.3 Å². The first-order chi connectivity index (χ1) is 8.69. The number of aliphatic hydroxyl groups excluding tert-OH is 1. The van der Waals surface area contributed by atoms with Gasteiger partial charge in [0.25, 0.3) is 0 Å². The van der Waals surface area contributed by atoms with E-state index in [9.17, 15) is 5.11 Å². The highest BCUT2D eigenvalue weighted by Gasteiger charge is 2.10.